The highest BCUT2D eigenvalue weighted by Gasteiger charge is 2.23. The van der Waals surface area contributed by atoms with Gasteiger partial charge >= 0.3 is 6.09 Å². The summed E-state index contributed by atoms with van der Waals surface area (Å²) in [6, 6.07) is 14.2. The molecule has 0 atom stereocenters. The molecule has 2 aromatic carbocycles. The van der Waals surface area contributed by atoms with Gasteiger partial charge in [0.05, 0.1) is 6.54 Å². The molecule has 1 N–H and O–H groups in total. The zero-order valence-electron chi connectivity index (χ0n) is 11.6. The minimum absolute atomic E-state index is 0.180. The Morgan fingerprint density at radius 1 is 1.09 bits per heavy atom. The lowest BCUT2D eigenvalue weighted by Crippen LogP contribution is -2.23. The first-order chi connectivity index (χ1) is 10.6. The van der Waals surface area contributed by atoms with Crippen molar-refractivity contribution < 1.29 is 14.3 Å². The van der Waals surface area contributed by atoms with Crippen LogP contribution in [0.25, 0.3) is 0 Å². The number of anilines is 2. The van der Waals surface area contributed by atoms with E-state index in [1.54, 1.807) is 41.3 Å². The van der Waals surface area contributed by atoms with Crippen molar-refractivity contribution in [3.8, 4) is 0 Å². The Balaban J connectivity index is 1.69. The normalized spacial score (nSPS) is 13.9. The number of cyclic esters (lactones) is 1. The van der Waals surface area contributed by atoms with Gasteiger partial charge in [-0.1, -0.05) is 15.9 Å². The molecule has 0 saturated carbocycles. The summed E-state index contributed by atoms with van der Waals surface area (Å²) in [5.74, 6) is -0.180. The van der Waals surface area contributed by atoms with Crippen LogP contribution < -0.4 is 10.2 Å². The Bertz CT molecular complexity index is 698. The van der Waals surface area contributed by atoms with Crippen LogP contribution in [0.1, 0.15) is 10.4 Å². The molecule has 22 heavy (non-hydrogen) atoms. The molecule has 0 bridgehead atoms. The molecule has 0 radical (unpaired) electrons. The van der Waals surface area contributed by atoms with Crippen molar-refractivity contribution in [2.24, 2.45) is 0 Å². The number of carbonyl (C=O) groups is 2. The standard InChI is InChI=1S/C16H13BrN2O3/c17-12-3-1-11(2-4-12)15(20)18-13-5-7-14(8-6-13)19-9-10-22-16(19)21/h1-8H,9-10H2,(H,18,20). The largest absolute Gasteiger partial charge is 0.447 e. The lowest BCUT2D eigenvalue weighted by atomic mass is 10.2. The third-order valence-electron chi connectivity index (χ3n) is 3.30. The summed E-state index contributed by atoms with van der Waals surface area (Å²) in [4.78, 5) is 25.1. The molecule has 0 aliphatic carbocycles. The quantitative estimate of drug-likeness (QED) is 0.908. The summed E-state index contributed by atoms with van der Waals surface area (Å²) >= 11 is 3.33. The molecular weight excluding hydrogens is 348 g/mol. The maximum Gasteiger partial charge on any atom is 0.414 e. The van der Waals surface area contributed by atoms with E-state index >= 15 is 0 Å². The van der Waals surface area contributed by atoms with Gasteiger partial charge in [0.15, 0.2) is 0 Å². The van der Waals surface area contributed by atoms with Gasteiger partial charge < -0.3 is 10.1 Å². The first kappa shape index (κ1) is 14.6. The number of rotatable bonds is 3. The molecule has 1 aliphatic rings. The van der Waals surface area contributed by atoms with Crippen LogP contribution in [0, 0.1) is 0 Å². The molecule has 1 fully saturated rings. The maximum absolute atomic E-state index is 12.1. The monoisotopic (exact) mass is 360 g/mol. The van der Waals surface area contributed by atoms with E-state index in [9.17, 15) is 9.59 Å². The number of hydrogen-bond donors (Lipinski definition) is 1. The second-order valence-corrected chi connectivity index (χ2v) is 5.69. The predicted octanol–water partition coefficient (Wildman–Crippen LogP) is 3.66. The van der Waals surface area contributed by atoms with Gasteiger partial charge in [-0.05, 0) is 48.5 Å². The van der Waals surface area contributed by atoms with Crippen LogP contribution in [-0.2, 0) is 4.74 Å². The molecule has 0 unspecified atom stereocenters. The Hall–Kier alpha value is -2.34. The van der Waals surface area contributed by atoms with E-state index in [4.69, 9.17) is 4.74 Å². The van der Waals surface area contributed by atoms with Crippen LogP contribution in [0.4, 0.5) is 16.2 Å². The average molecular weight is 361 g/mol. The number of carbonyl (C=O) groups excluding carboxylic acids is 2. The smallest absolute Gasteiger partial charge is 0.414 e. The van der Waals surface area contributed by atoms with Crippen LogP contribution in [0.2, 0.25) is 0 Å². The molecule has 6 heteroatoms. The third-order valence-corrected chi connectivity index (χ3v) is 3.83. The Labute approximate surface area is 136 Å². The SMILES string of the molecule is O=C(Nc1ccc(N2CCOC2=O)cc1)c1ccc(Br)cc1. The fourth-order valence-corrected chi connectivity index (χ4v) is 2.42. The van der Waals surface area contributed by atoms with E-state index in [1.165, 1.54) is 0 Å². The second-order valence-electron chi connectivity index (χ2n) is 4.77. The van der Waals surface area contributed by atoms with Gasteiger partial charge in [0, 0.05) is 21.4 Å². The Kier molecular flexibility index (Phi) is 4.11. The summed E-state index contributed by atoms with van der Waals surface area (Å²) in [5.41, 5.74) is 2.00. The van der Waals surface area contributed by atoms with E-state index < -0.39 is 0 Å². The zero-order chi connectivity index (χ0) is 15.5. The number of hydrogen-bond acceptors (Lipinski definition) is 3. The highest BCUT2D eigenvalue weighted by atomic mass is 79.9. The molecule has 3 rings (SSSR count). The Morgan fingerprint density at radius 3 is 2.36 bits per heavy atom. The van der Waals surface area contributed by atoms with Gasteiger partial charge in [0.25, 0.3) is 5.91 Å². The minimum Gasteiger partial charge on any atom is -0.447 e. The Morgan fingerprint density at radius 2 is 1.77 bits per heavy atom. The first-order valence-corrected chi connectivity index (χ1v) is 7.54. The van der Waals surface area contributed by atoms with Crippen molar-refractivity contribution in [3.05, 3.63) is 58.6 Å². The summed E-state index contributed by atoms with van der Waals surface area (Å²) in [7, 11) is 0. The maximum atomic E-state index is 12.1. The summed E-state index contributed by atoms with van der Waals surface area (Å²) < 4.78 is 5.82. The molecule has 1 heterocycles. The number of nitrogens with one attached hydrogen (secondary N) is 1. The van der Waals surface area contributed by atoms with Gasteiger partial charge in [-0.2, -0.15) is 0 Å². The number of ether oxygens (including phenoxy) is 1. The first-order valence-electron chi connectivity index (χ1n) is 6.75. The van der Waals surface area contributed by atoms with Crippen molar-refractivity contribution in [2.45, 2.75) is 0 Å². The molecule has 5 nitrogen and oxygen atoms in total. The lowest BCUT2D eigenvalue weighted by Gasteiger charge is -2.13. The van der Waals surface area contributed by atoms with E-state index in [0.29, 0.717) is 24.4 Å². The fraction of sp³-hybridized carbons (Fsp3) is 0.125. The van der Waals surface area contributed by atoms with Crippen LogP contribution in [0.5, 0.6) is 0 Å². The van der Waals surface area contributed by atoms with Gasteiger partial charge in [0.2, 0.25) is 0 Å². The average Bonchev–Trinajstić information content (AvgIpc) is 2.95. The molecule has 1 aliphatic heterocycles. The molecule has 0 aromatic heterocycles. The summed E-state index contributed by atoms with van der Waals surface area (Å²) in [6.07, 6.45) is -0.341. The number of halogens is 1. The van der Waals surface area contributed by atoms with Crippen molar-refractivity contribution in [1.29, 1.82) is 0 Å². The van der Waals surface area contributed by atoms with Crippen LogP contribution >= 0.6 is 15.9 Å². The summed E-state index contributed by atoms with van der Waals surface area (Å²) in [6.45, 7) is 0.949. The van der Waals surface area contributed by atoms with Crippen molar-refractivity contribution in [1.82, 2.24) is 0 Å². The topological polar surface area (TPSA) is 58.6 Å². The summed E-state index contributed by atoms with van der Waals surface area (Å²) in [5, 5.41) is 2.82. The van der Waals surface area contributed by atoms with Gasteiger partial charge in [0.1, 0.15) is 6.61 Å². The molecule has 0 spiro atoms. The zero-order valence-corrected chi connectivity index (χ0v) is 13.2. The fourth-order valence-electron chi connectivity index (χ4n) is 2.16. The highest BCUT2D eigenvalue weighted by Crippen LogP contribution is 2.21. The molecule has 2 aromatic rings. The highest BCUT2D eigenvalue weighted by molar-refractivity contribution is 9.10. The molecule has 112 valence electrons. The van der Waals surface area contributed by atoms with Crippen molar-refractivity contribution in [3.63, 3.8) is 0 Å². The molecule has 2 amide bonds. The predicted molar refractivity (Wildman–Crippen MR) is 87.2 cm³/mol. The van der Waals surface area contributed by atoms with Crippen LogP contribution in [-0.4, -0.2) is 25.2 Å². The van der Waals surface area contributed by atoms with Gasteiger partial charge in [-0.3, -0.25) is 9.69 Å². The molecule has 1 saturated heterocycles. The number of nitrogens with zero attached hydrogens (tertiary/aromatic N) is 1. The van der Waals surface area contributed by atoms with Crippen LogP contribution in [0.3, 0.4) is 0 Å². The third kappa shape index (κ3) is 3.12. The van der Waals surface area contributed by atoms with Gasteiger partial charge in [-0.25, -0.2) is 4.79 Å². The van der Waals surface area contributed by atoms with Crippen molar-refractivity contribution >= 4 is 39.3 Å². The van der Waals surface area contributed by atoms with E-state index in [2.05, 4.69) is 21.2 Å². The van der Waals surface area contributed by atoms with Crippen LogP contribution in [0.15, 0.2) is 53.0 Å². The number of amides is 2. The van der Waals surface area contributed by atoms with Gasteiger partial charge in [-0.15, -0.1) is 0 Å². The van der Waals surface area contributed by atoms with E-state index in [0.717, 1.165) is 10.2 Å². The van der Waals surface area contributed by atoms with E-state index in [-0.39, 0.29) is 12.0 Å². The van der Waals surface area contributed by atoms with E-state index in [1.807, 2.05) is 12.1 Å². The number of benzene rings is 2. The molecular formula is C16H13BrN2O3. The second kappa shape index (κ2) is 6.19. The lowest BCUT2D eigenvalue weighted by molar-refractivity contribution is 0.102. The minimum atomic E-state index is -0.341. The van der Waals surface area contributed by atoms with Crippen molar-refractivity contribution in [2.75, 3.05) is 23.4 Å².